The molecule has 1 heterocycles. The van der Waals surface area contributed by atoms with Crippen molar-refractivity contribution in [2.75, 3.05) is 16.0 Å². The van der Waals surface area contributed by atoms with Gasteiger partial charge in [-0.05, 0) is 48.9 Å². The Morgan fingerprint density at radius 1 is 0.939 bits per heavy atom. The highest BCUT2D eigenvalue weighted by Gasteiger charge is 2.32. The zero-order valence-corrected chi connectivity index (χ0v) is 17.7. The van der Waals surface area contributed by atoms with Crippen molar-refractivity contribution in [3.63, 3.8) is 0 Å². The first-order valence-electron chi connectivity index (χ1n) is 9.79. The number of nitrogens with one attached hydrogen (secondary N) is 3. The number of ether oxygens (including phenoxy) is 1. The third-order valence-corrected chi connectivity index (χ3v) is 4.37. The maximum absolute atomic E-state index is 13.0. The van der Waals surface area contributed by atoms with Gasteiger partial charge in [0.25, 0.3) is 0 Å². The molecule has 0 aliphatic carbocycles. The Hall–Kier alpha value is -4.15. The molecule has 0 atom stereocenters. The standard InChI is InChI=1S/C22H20F3N5O3/c1-3-19(31)30-18-11-20(27-12-26-18)33-16-8-6-14(7-9-16)28-21(32)29-15-5-4-13(2)17(10-15)22(23,24)25/h4-12H,3H2,1-2H3,(H2,28,29,32)(H,26,27,30,31). The number of amides is 3. The first-order valence-corrected chi connectivity index (χ1v) is 9.79. The maximum Gasteiger partial charge on any atom is 0.416 e. The van der Waals surface area contributed by atoms with Gasteiger partial charge in [-0.1, -0.05) is 13.0 Å². The summed E-state index contributed by atoms with van der Waals surface area (Å²) in [7, 11) is 0. The number of anilines is 3. The fourth-order valence-corrected chi connectivity index (χ4v) is 2.72. The predicted octanol–water partition coefficient (Wildman–Crippen LogP) is 5.59. The van der Waals surface area contributed by atoms with Crippen molar-refractivity contribution in [1.82, 2.24) is 9.97 Å². The second-order valence-corrected chi connectivity index (χ2v) is 6.88. The third-order valence-electron chi connectivity index (χ3n) is 4.37. The number of urea groups is 1. The van der Waals surface area contributed by atoms with Crippen molar-refractivity contribution in [2.45, 2.75) is 26.4 Å². The molecular weight excluding hydrogens is 439 g/mol. The van der Waals surface area contributed by atoms with E-state index in [0.717, 1.165) is 6.07 Å². The number of nitrogens with zero attached hydrogens (tertiary/aromatic N) is 2. The van der Waals surface area contributed by atoms with Crippen molar-refractivity contribution in [3.05, 3.63) is 66.0 Å². The van der Waals surface area contributed by atoms with Gasteiger partial charge >= 0.3 is 12.2 Å². The molecular formula is C22H20F3N5O3. The quantitative estimate of drug-likeness (QED) is 0.446. The average molecular weight is 459 g/mol. The Balaban J connectivity index is 1.60. The van der Waals surface area contributed by atoms with E-state index in [1.54, 1.807) is 31.2 Å². The lowest BCUT2D eigenvalue weighted by molar-refractivity contribution is -0.138. The molecule has 0 spiro atoms. The number of hydrogen-bond acceptors (Lipinski definition) is 5. The normalized spacial score (nSPS) is 10.9. The van der Waals surface area contributed by atoms with Gasteiger partial charge in [-0.3, -0.25) is 4.79 Å². The van der Waals surface area contributed by atoms with E-state index in [1.807, 2.05) is 0 Å². The summed E-state index contributed by atoms with van der Waals surface area (Å²) in [6.45, 7) is 3.06. The van der Waals surface area contributed by atoms with Crippen LogP contribution in [0.25, 0.3) is 0 Å². The topological polar surface area (TPSA) is 105 Å². The molecule has 0 aliphatic rings. The van der Waals surface area contributed by atoms with Gasteiger partial charge in [0.05, 0.1) is 5.56 Å². The zero-order chi connectivity index (χ0) is 24.0. The summed E-state index contributed by atoms with van der Waals surface area (Å²) in [5.74, 6) is 0.704. The Labute approximate surface area is 187 Å². The number of rotatable bonds is 6. The maximum atomic E-state index is 13.0. The molecule has 0 saturated heterocycles. The second-order valence-electron chi connectivity index (χ2n) is 6.88. The van der Waals surface area contributed by atoms with E-state index in [1.165, 1.54) is 31.5 Å². The van der Waals surface area contributed by atoms with Crippen LogP contribution in [0, 0.1) is 6.92 Å². The van der Waals surface area contributed by atoms with Gasteiger partial charge in [-0.25, -0.2) is 14.8 Å². The minimum Gasteiger partial charge on any atom is -0.439 e. The van der Waals surface area contributed by atoms with Crippen LogP contribution in [0.3, 0.4) is 0 Å². The van der Waals surface area contributed by atoms with Crippen LogP contribution in [0.1, 0.15) is 24.5 Å². The number of aryl methyl sites for hydroxylation is 1. The van der Waals surface area contributed by atoms with Gasteiger partial charge in [0.1, 0.15) is 17.9 Å². The van der Waals surface area contributed by atoms with Crippen molar-refractivity contribution in [1.29, 1.82) is 0 Å². The van der Waals surface area contributed by atoms with Crippen LogP contribution in [0.2, 0.25) is 0 Å². The van der Waals surface area contributed by atoms with Crippen molar-refractivity contribution in [2.24, 2.45) is 0 Å². The predicted molar refractivity (Wildman–Crippen MR) is 116 cm³/mol. The van der Waals surface area contributed by atoms with Gasteiger partial charge in [0.15, 0.2) is 0 Å². The lowest BCUT2D eigenvalue weighted by Crippen LogP contribution is -2.20. The summed E-state index contributed by atoms with van der Waals surface area (Å²) in [5, 5.41) is 7.51. The lowest BCUT2D eigenvalue weighted by Gasteiger charge is -2.13. The number of halogens is 3. The number of alkyl halides is 3. The minimum atomic E-state index is -4.51. The molecule has 3 aromatic rings. The molecule has 0 unspecified atom stereocenters. The number of carbonyl (C=O) groups excluding carboxylic acids is 2. The fraction of sp³-hybridized carbons (Fsp3) is 0.182. The van der Waals surface area contributed by atoms with E-state index in [-0.39, 0.29) is 23.0 Å². The molecule has 172 valence electrons. The number of carbonyl (C=O) groups is 2. The highest BCUT2D eigenvalue weighted by Crippen LogP contribution is 2.33. The Kier molecular flexibility index (Phi) is 7.11. The van der Waals surface area contributed by atoms with Crippen LogP contribution in [-0.2, 0) is 11.0 Å². The van der Waals surface area contributed by atoms with Crippen LogP contribution in [-0.4, -0.2) is 21.9 Å². The summed E-state index contributed by atoms with van der Waals surface area (Å²) >= 11 is 0. The molecule has 11 heteroatoms. The average Bonchev–Trinajstić information content (AvgIpc) is 2.76. The van der Waals surface area contributed by atoms with Gasteiger partial charge in [0.2, 0.25) is 11.8 Å². The first kappa shape index (κ1) is 23.5. The Bertz CT molecular complexity index is 1150. The van der Waals surface area contributed by atoms with Crippen LogP contribution in [0.5, 0.6) is 11.6 Å². The summed E-state index contributed by atoms with van der Waals surface area (Å²) < 4.78 is 44.7. The third kappa shape index (κ3) is 6.66. The molecule has 0 fully saturated rings. The molecule has 0 saturated carbocycles. The van der Waals surface area contributed by atoms with Crippen molar-refractivity contribution < 1.29 is 27.5 Å². The number of aromatic nitrogens is 2. The highest BCUT2D eigenvalue weighted by atomic mass is 19.4. The molecule has 3 N–H and O–H groups in total. The molecule has 3 amide bonds. The van der Waals surface area contributed by atoms with Gasteiger partial charge in [-0.2, -0.15) is 13.2 Å². The van der Waals surface area contributed by atoms with Gasteiger partial charge < -0.3 is 20.7 Å². The highest BCUT2D eigenvalue weighted by molar-refractivity contribution is 5.99. The largest absolute Gasteiger partial charge is 0.439 e. The Morgan fingerprint density at radius 3 is 2.27 bits per heavy atom. The smallest absolute Gasteiger partial charge is 0.416 e. The molecule has 0 bridgehead atoms. The van der Waals surface area contributed by atoms with Gasteiger partial charge in [-0.15, -0.1) is 0 Å². The number of benzene rings is 2. The Morgan fingerprint density at radius 2 is 1.61 bits per heavy atom. The van der Waals surface area contributed by atoms with Crippen molar-refractivity contribution in [3.8, 4) is 11.6 Å². The second kappa shape index (κ2) is 9.98. The van der Waals surface area contributed by atoms with E-state index in [2.05, 4.69) is 25.9 Å². The van der Waals surface area contributed by atoms with Crippen molar-refractivity contribution >= 4 is 29.1 Å². The zero-order valence-electron chi connectivity index (χ0n) is 17.7. The molecule has 1 aromatic heterocycles. The minimum absolute atomic E-state index is 0.0140. The van der Waals surface area contributed by atoms with Crippen LogP contribution in [0.15, 0.2) is 54.9 Å². The summed E-state index contributed by atoms with van der Waals surface area (Å²) in [6, 6.07) is 10.5. The van der Waals surface area contributed by atoms with E-state index in [4.69, 9.17) is 4.74 Å². The van der Waals surface area contributed by atoms with E-state index in [0.29, 0.717) is 23.7 Å². The molecule has 0 radical (unpaired) electrons. The van der Waals surface area contributed by atoms with Crippen LogP contribution in [0.4, 0.5) is 35.2 Å². The summed E-state index contributed by atoms with van der Waals surface area (Å²) in [6.07, 6.45) is -2.97. The first-order chi connectivity index (χ1) is 15.6. The van der Waals surface area contributed by atoms with Gasteiger partial charge in [0, 0.05) is 23.9 Å². The molecule has 2 aromatic carbocycles. The van der Waals surface area contributed by atoms with Crippen LogP contribution >= 0.6 is 0 Å². The number of hydrogen-bond donors (Lipinski definition) is 3. The monoisotopic (exact) mass is 459 g/mol. The van der Waals surface area contributed by atoms with E-state index >= 15 is 0 Å². The fourth-order valence-electron chi connectivity index (χ4n) is 2.72. The molecule has 8 nitrogen and oxygen atoms in total. The van der Waals surface area contributed by atoms with E-state index in [9.17, 15) is 22.8 Å². The lowest BCUT2D eigenvalue weighted by atomic mass is 10.1. The molecule has 3 rings (SSSR count). The summed E-state index contributed by atoms with van der Waals surface area (Å²) in [4.78, 5) is 31.5. The SMILES string of the molecule is CCC(=O)Nc1cc(Oc2ccc(NC(=O)Nc3ccc(C)c(C(F)(F)F)c3)cc2)ncn1. The summed E-state index contributed by atoms with van der Waals surface area (Å²) in [5.41, 5.74) is -0.349. The molecule has 0 aliphatic heterocycles. The molecule has 33 heavy (non-hydrogen) atoms. The van der Waals surface area contributed by atoms with E-state index < -0.39 is 17.8 Å². The van der Waals surface area contributed by atoms with Crippen LogP contribution < -0.4 is 20.7 Å².